The topological polar surface area (TPSA) is 68.3 Å². The molecule has 0 radical (unpaired) electrons. The Balaban J connectivity index is 1.39. The number of allylic oxidation sites excluding steroid dienone is 4. The van der Waals surface area contributed by atoms with Gasteiger partial charge in [0.25, 0.3) is 5.91 Å². The lowest BCUT2D eigenvalue weighted by atomic mass is 9.63. The van der Waals surface area contributed by atoms with Crippen LogP contribution >= 0.6 is 11.6 Å². The van der Waals surface area contributed by atoms with Crippen LogP contribution in [0.4, 0.5) is 0 Å². The lowest BCUT2D eigenvalue weighted by Gasteiger charge is -2.44. The van der Waals surface area contributed by atoms with Crippen molar-refractivity contribution in [1.82, 2.24) is 5.32 Å². The number of halogens is 1. The van der Waals surface area contributed by atoms with E-state index >= 15 is 0 Å². The van der Waals surface area contributed by atoms with Crippen LogP contribution in [0.1, 0.15) is 42.7 Å². The Morgan fingerprint density at radius 2 is 2.07 bits per heavy atom. The third-order valence-electron chi connectivity index (χ3n) is 6.19. The van der Waals surface area contributed by atoms with Crippen LogP contribution in [0.3, 0.4) is 0 Å². The molecule has 0 aliphatic heterocycles. The van der Waals surface area contributed by atoms with Crippen LogP contribution in [0.15, 0.2) is 58.0 Å². The highest BCUT2D eigenvalue weighted by molar-refractivity contribution is 6.29. The second-order valence-electron chi connectivity index (χ2n) is 7.77. The molecule has 2 aliphatic carbocycles. The number of amides is 1. The fraction of sp³-hybridized carbons (Fsp3) is 0.409. The first-order chi connectivity index (χ1) is 13.1. The number of furan rings is 1. The standard InChI is InChI=1S/C22H25ClN2O2/c23-17-6-3-5-16(13-17)22(14-24)10-8-18(9-11-22)25-21(26)20-12-15-4-1-2-7-19(15)27-20/h1-7,12,16,18H,8-11,13-14,24H2,(H,25,26)/t16?,18-,22-. The van der Waals surface area contributed by atoms with Crippen LogP contribution in [-0.2, 0) is 0 Å². The first kappa shape index (κ1) is 18.3. The number of hydrogen-bond donors (Lipinski definition) is 2. The molecule has 1 atom stereocenters. The van der Waals surface area contributed by atoms with E-state index < -0.39 is 0 Å². The predicted octanol–water partition coefficient (Wildman–Crippen LogP) is 4.75. The third-order valence-corrected chi connectivity index (χ3v) is 6.47. The van der Waals surface area contributed by atoms with Crippen molar-refractivity contribution in [3.63, 3.8) is 0 Å². The first-order valence-corrected chi connectivity index (χ1v) is 10.00. The number of benzene rings is 1. The lowest BCUT2D eigenvalue weighted by molar-refractivity contribution is 0.0830. The predicted molar refractivity (Wildman–Crippen MR) is 109 cm³/mol. The number of hydrogen-bond acceptors (Lipinski definition) is 3. The average Bonchev–Trinajstić information content (AvgIpc) is 3.13. The monoisotopic (exact) mass is 384 g/mol. The molecule has 0 spiro atoms. The Hall–Kier alpha value is -2.04. The minimum Gasteiger partial charge on any atom is -0.451 e. The molecule has 27 heavy (non-hydrogen) atoms. The van der Waals surface area contributed by atoms with Crippen molar-refractivity contribution in [3.05, 3.63) is 59.4 Å². The van der Waals surface area contributed by atoms with Crippen LogP contribution in [-0.4, -0.2) is 18.5 Å². The number of carbonyl (C=O) groups excluding carboxylic acids is 1. The molecule has 0 saturated heterocycles. The van der Waals surface area contributed by atoms with Gasteiger partial charge in [0, 0.05) is 16.5 Å². The molecule has 142 valence electrons. The number of fused-ring (bicyclic) bond motifs is 1. The molecule has 4 rings (SSSR count). The highest BCUT2D eigenvalue weighted by Crippen LogP contribution is 2.46. The molecule has 3 N–H and O–H groups in total. The summed E-state index contributed by atoms with van der Waals surface area (Å²) in [6.45, 7) is 0.649. The minimum atomic E-state index is -0.139. The van der Waals surface area contributed by atoms with E-state index in [1.54, 1.807) is 6.07 Å². The number of nitrogens with one attached hydrogen (secondary N) is 1. The Morgan fingerprint density at radius 3 is 2.78 bits per heavy atom. The molecule has 2 aromatic rings. The van der Waals surface area contributed by atoms with Crippen LogP contribution in [0, 0.1) is 11.3 Å². The highest BCUT2D eigenvalue weighted by Gasteiger charge is 2.40. The summed E-state index contributed by atoms with van der Waals surface area (Å²) < 4.78 is 5.68. The van der Waals surface area contributed by atoms with Gasteiger partial charge in [-0.3, -0.25) is 4.79 Å². The van der Waals surface area contributed by atoms with E-state index in [1.165, 1.54) is 0 Å². The van der Waals surface area contributed by atoms with Gasteiger partial charge >= 0.3 is 0 Å². The maximum Gasteiger partial charge on any atom is 0.287 e. The molecule has 1 unspecified atom stereocenters. The van der Waals surface area contributed by atoms with Crippen LogP contribution in [0.5, 0.6) is 0 Å². The summed E-state index contributed by atoms with van der Waals surface area (Å²) in [5.41, 5.74) is 7.01. The van der Waals surface area contributed by atoms with E-state index in [0.29, 0.717) is 18.2 Å². The van der Waals surface area contributed by atoms with Crippen LogP contribution < -0.4 is 11.1 Å². The molecule has 0 bridgehead atoms. The maximum atomic E-state index is 12.6. The average molecular weight is 385 g/mol. The van der Waals surface area contributed by atoms with Crippen molar-refractivity contribution in [2.45, 2.75) is 38.1 Å². The highest BCUT2D eigenvalue weighted by atomic mass is 35.5. The molecular weight excluding hydrogens is 360 g/mol. The molecule has 1 heterocycles. The first-order valence-electron chi connectivity index (χ1n) is 9.62. The molecule has 4 nitrogen and oxygen atoms in total. The Kier molecular flexibility index (Phi) is 5.11. The van der Waals surface area contributed by atoms with E-state index in [9.17, 15) is 4.79 Å². The van der Waals surface area contributed by atoms with E-state index in [2.05, 4.69) is 11.4 Å². The summed E-state index contributed by atoms with van der Waals surface area (Å²) in [6.07, 6.45) is 11.0. The van der Waals surface area contributed by atoms with E-state index in [-0.39, 0.29) is 17.4 Å². The van der Waals surface area contributed by atoms with Crippen molar-refractivity contribution in [2.24, 2.45) is 17.1 Å². The van der Waals surface area contributed by atoms with Crippen molar-refractivity contribution >= 4 is 28.5 Å². The lowest BCUT2D eigenvalue weighted by Crippen LogP contribution is -2.46. The van der Waals surface area contributed by atoms with Crippen molar-refractivity contribution in [2.75, 3.05) is 6.54 Å². The minimum absolute atomic E-state index is 0.0749. The second kappa shape index (κ2) is 7.53. The smallest absolute Gasteiger partial charge is 0.287 e. The van der Waals surface area contributed by atoms with E-state index in [1.807, 2.05) is 36.4 Å². The molecular formula is C22H25ClN2O2. The molecule has 5 heteroatoms. The molecule has 1 amide bonds. The molecule has 1 aromatic carbocycles. The van der Waals surface area contributed by atoms with Crippen molar-refractivity contribution < 1.29 is 9.21 Å². The van der Waals surface area contributed by atoms with Gasteiger partial charge in [0.1, 0.15) is 5.58 Å². The molecule has 2 aliphatic rings. The summed E-state index contributed by atoms with van der Waals surface area (Å²) in [6, 6.07) is 9.63. The van der Waals surface area contributed by atoms with Crippen molar-refractivity contribution in [3.8, 4) is 0 Å². The molecule has 1 aromatic heterocycles. The van der Waals surface area contributed by atoms with Gasteiger partial charge in [0.2, 0.25) is 0 Å². The Morgan fingerprint density at radius 1 is 1.30 bits per heavy atom. The quantitative estimate of drug-likeness (QED) is 0.799. The van der Waals surface area contributed by atoms with E-state index in [0.717, 1.165) is 48.1 Å². The number of carbonyl (C=O) groups is 1. The molecule has 1 fully saturated rings. The Labute approximate surface area is 164 Å². The van der Waals surface area contributed by atoms with Gasteiger partial charge in [0.15, 0.2) is 5.76 Å². The largest absolute Gasteiger partial charge is 0.451 e. The Bertz CT molecular complexity index is 858. The van der Waals surface area contributed by atoms with Gasteiger partial charge in [0.05, 0.1) is 0 Å². The summed E-state index contributed by atoms with van der Waals surface area (Å²) in [5, 5.41) is 4.99. The zero-order chi connectivity index (χ0) is 18.9. The SMILES string of the molecule is NC[C@]1(C2C=CC=C(Cl)C2)CC[C@H](NC(=O)c2cc3ccccc3o2)CC1. The fourth-order valence-corrected chi connectivity index (χ4v) is 4.71. The number of para-hydroxylation sites is 1. The van der Waals surface area contributed by atoms with Crippen LogP contribution in [0.25, 0.3) is 11.0 Å². The number of rotatable bonds is 4. The van der Waals surface area contributed by atoms with Gasteiger partial charge < -0.3 is 15.5 Å². The maximum absolute atomic E-state index is 12.6. The van der Waals surface area contributed by atoms with Gasteiger partial charge in [-0.2, -0.15) is 0 Å². The zero-order valence-electron chi connectivity index (χ0n) is 15.3. The van der Waals surface area contributed by atoms with E-state index in [4.69, 9.17) is 21.8 Å². The van der Waals surface area contributed by atoms with Gasteiger partial charge in [-0.15, -0.1) is 0 Å². The fourth-order valence-electron chi connectivity index (χ4n) is 4.47. The summed E-state index contributed by atoms with van der Waals surface area (Å²) in [7, 11) is 0. The summed E-state index contributed by atoms with van der Waals surface area (Å²) >= 11 is 6.25. The number of nitrogens with two attached hydrogens (primary N) is 1. The van der Waals surface area contributed by atoms with Gasteiger partial charge in [-0.05, 0) is 68.2 Å². The van der Waals surface area contributed by atoms with Crippen molar-refractivity contribution in [1.29, 1.82) is 0 Å². The van der Waals surface area contributed by atoms with Gasteiger partial charge in [-0.1, -0.05) is 42.0 Å². The van der Waals surface area contributed by atoms with Gasteiger partial charge in [-0.25, -0.2) is 0 Å². The second-order valence-corrected chi connectivity index (χ2v) is 8.26. The zero-order valence-corrected chi connectivity index (χ0v) is 16.0. The normalized spacial score (nSPS) is 28.1. The third kappa shape index (κ3) is 3.69. The van der Waals surface area contributed by atoms with Crippen LogP contribution in [0.2, 0.25) is 0 Å². The summed E-state index contributed by atoms with van der Waals surface area (Å²) in [5.74, 6) is 0.617. The molecule has 1 saturated carbocycles. The summed E-state index contributed by atoms with van der Waals surface area (Å²) in [4.78, 5) is 12.6.